The van der Waals surface area contributed by atoms with E-state index in [0.717, 1.165) is 17.3 Å². The summed E-state index contributed by atoms with van der Waals surface area (Å²) in [5.74, 6) is 1.04. The van der Waals surface area contributed by atoms with Crippen molar-refractivity contribution in [2.75, 3.05) is 17.9 Å². The molecule has 1 amide bonds. The summed E-state index contributed by atoms with van der Waals surface area (Å²) >= 11 is 6.95. The van der Waals surface area contributed by atoms with Crippen molar-refractivity contribution >= 4 is 35.0 Å². The van der Waals surface area contributed by atoms with Crippen molar-refractivity contribution in [3.8, 4) is 11.5 Å². The van der Waals surface area contributed by atoms with E-state index in [0.29, 0.717) is 34.3 Å². The lowest BCUT2D eigenvalue weighted by Crippen LogP contribution is -2.19. The first-order valence-electron chi connectivity index (χ1n) is 8.59. The number of carbonyl (C=O) groups excluding carboxylic acids is 1. The van der Waals surface area contributed by atoms with Crippen molar-refractivity contribution in [2.45, 2.75) is 11.6 Å². The maximum atomic E-state index is 12.2. The summed E-state index contributed by atoms with van der Waals surface area (Å²) in [5, 5.41) is 11.6. The van der Waals surface area contributed by atoms with E-state index in [9.17, 15) is 9.59 Å². The average molecular weight is 431 g/mol. The van der Waals surface area contributed by atoms with E-state index in [4.69, 9.17) is 21.1 Å². The molecule has 3 aromatic rings. The van der Waals surface area contributed by atoms with Crippen LogP contribution in [0.3, 0.4) is 0 Å². The van der Waals surface area contributed by atoms with Crippen LogP contribution in [0.25, 0.3) is 0 Å². The number of nitrogens with one attached hydrogen (secondary N) is 2. The molecule has 2 N–H and O–H groups in total. The maximum Gasteiger partial charge on any atom is 0.273 e. The normalized spacial score (nSPS) is 12.0. The van der Waals surface area contributed by atoms with Gasteiger partial charge in [0.1, 0.15) is 5.69 Å². The molecule has 0 radical (unpaired) electrons. The molecule has 10 heteroatoms. The van der Waals surface area contributed by atoms with Gasteiger partial charge in [0.05, 0.1) is 5.75 Å². The number of hydrogen-bond donors (Lipinski definition) is 2. The van der Waals surface area contributed by atoms with Crippen molar-refractivity contribution in [2.24, 2.45) is 0 Å². The Hall–Kier alpha value is -3.04. The van der Waals surface area contributed by atoms with Gasteiger partial charge in [0.2, 0.25) is 12.7 Å². The van der Waals surface area contributed by atoms with Crippen molar-refractivity contribution in [1.82, 2.24) is 15.2 Å². The van der Waals surface area contributed by atoms with Crippen molar-refractivity contribution in [3.05, 3.63) is 69.1 Å². The minimum Gasteiger partial charge on any atom is -0.454 e. The summed E-state index contributed by atoms with van der Waals surface area (Å²) in [6.07, 6.45) is 0.342. The standard InChI is InChI=1S/C19H15ClN4O4S/c20-12-3-1-11(2-4-12)7-14-18(26)22-19(24-23-14)29-9-17(25)21-13-5-6-15-16(8-13)28-10-27-15/h1-6,8H,7,9-10H2,(H,21,25)(H,22,24,26). The highest BCUT2D eigenvalue weighted by Crippen LogP contribution is 2.34. The number of nitrogens with zero attached hydrogens (tertiary/aromatic N) is 2. The fraction of sp³-hybridized carbons (Fsp3) is 0.158. The molecule has 0 spiro atoms. The molecule has 0 atom stereocenters. The first-order chi connectivity index (χ1) is 14.1. The molecule has 4 rings (SSSR count). The fourth-order valence-electron chi connectivity index (χ4n) is 2.63. The zero-order chi connectivity index (χ0) is 20.2. The molecule has 0 aliphatic carbocycles. The second kappa shape index (κ2) is 8.54. The minimum atomic E-state index is -0.339. The van der Waals surface area contributed by atoms with Crippen LogP contribution in [0.1, 0.15) is 11.3 Å². The topological polar surface area (TPSA) is 106 Å². The number of halogens is 1. The second-order valence-corrected chi connectivity index (χ2v) is 7.51. The van der Waals surface area contributed by atoms with E-state index in [2.05, 4.69) is 20.5 Å². The van der Waals surface area contributed by atoms with E-state index in [-0.39, 0.29) is 29.2 Å². The lowest BCUT2D eigenvalue weighted by molar-refractivity contribution is -0.113. The third-order valence-electron chi connectivity index (χ3n) is 4.03. The largest absolute Gasteiger partial charge is 0.454 e. The number of ether oxygens (including phenoxy) is 2. The van der Waals surface area contributed by atoms with Gasteiger partial charge >= 0.3 is 0 Å². The Morgan fingerprint density at radius 1 is 1.14 bits per heavy atom. The molecule has 0 fully saturated rings. The molecular weight excluding hydrogens is 416 g/mol. The first-order valence-corrected chi connectivity index (χ1v) is 9.96. The molecule has 0 saturated heterocycles. The summed E-state index contributed by atoms with van der Waals surface area (Å²) in [7, 11) is 0. The van der Waals surface area contributed by atoms with Gasteiger partial charge in [-0.05, 0) is 29.8 Å². The van der Waals surface area contributed by atoms with Gasteiger partial charge in [-0.2, -0.15) is 0 Å². The number of hydrogen-bond acceptors (Lipinski definition) is 7. The highest BCUT2D eigenvalue weighted by atomic mass is 35.5. The molecule has 148 valence electrons. The van der Waals surface area contributed by atoms with Gasteiger partial charge in [-0.1, -0.05) is 35.5 Å². The first kappa shape index (κ1) is 19.3. The van der Waals surface area contributed by atoms with E-state index in [1.54, 1.807) is 30.3 Å². The summed E-state index contributed by atoms with van der Waals surface area (Å²) in [6, 6.07) is 12.3. The van der Waals surface area contributed by atoms with Crippen LogP contribution in [-0.4, -0.2) is 33.6 Å². The lowest BCUT2D eigenvalue weighted by Gasteiger charge is -2.06. The molecule has 29 heavy (non-hydrogen) atoms. The van der Waals surface area contributed by atoms with Gasteiger partial charge in [0.25, 0.3) is 5.56 Å². The quantitative estimate of drug-likeness (QED) is 0.579. The predicted octanol–water partition coefficient (Wildman–Crippen LogP) is 2.87. The number of carbonyl (C=O) groups is 1. The van der Waals surface area contributed by atoms with Crippen molar-refractivity contribution < 1.29 is 14.3 Å². The van der Waals surface area contributed by atoms with E-state index >= 15 is 0 Å². The summed E-state index contributed by atoms with van der Waals surface area (Å²) in [5.41, 5.74) is 1.45. The van der Waals surface area contributed by atoms with Crippen molar-refractivity contribution in [3.63, 3.8) is 0 Å². The number of rotatable bonds is 6. The van der Waals surface area contributed by atoms with Gasteiger partial charge in [-0.15, -0.1) is 10.2 Å². The molecule has 1 aromatic heterocycles. The van der Waals surface area contributed by atoms with Gasteiger partial charge in [-0.3, -0.25) is 14.6 Å². The minimum absolute atomic E-state index is 0.0651. The van der Waals surface area contributed by atoms with Crippen molar-refractivity contribution in [1.29, 1.82) is 0 Å². The molecule has 0 saturated carbocycles. The highest BCUT2D eigenvalue weighted by Gasteiger charge is 2.14. The zero-order valence-corrected chi connectivity index (χ0v) is 16.5. The lowest BCUT2D eigenvalue weighted by atomic mass is 10.1. The van der Waals surface area contributed by atoms with Crippen LogP contribution in [-0.2, 0) is 11.2 Å². The Labute approximate surface area is 174 Å². The second-order valence-electron chi connectivity index (χ2n) is 6.11. The Kier molecular flexibility index (Phi) is 5.68. The van der Waals surface area contributed by atoms with Crippen LogP contribution in [0.2, 0.25) is 5.02 Å². The number of fused-ring (bicyclic) bond motifs is 1. The summed E-state index contributed by atoms with van der Waals surface area (Å²) in [4.78, 5) is 27.0. The summed E-state index contributed by atoms with van der Waals surface area (Å²) in [6.45, 7) is 0.169. The Bertz CT molecular complexity index is 1100. The monoisotopic (exact) mass is 430 g/mol. The summed E-state index contributed by atoms with van der Waals surface area (Å²) < 4.78 is 10.5. The molecule has 2 aromatic carbocycles. The van der Waals surface area contributed by atoms with Gasteiger partial charge in [-0.25, -0.2) is 0 Å². The number of amides is 1. The van der Waals surface area contributed by atoms with E-state index in [1.807, 2.05) is 12.1 Å². The Morgan fingerprint density at radius 2 is 1.93 bits per heavy atom. The van der Waals surface area contributed by atoms with Crippen LogP contribution in [0.4, 0.5) is 5.69 Å². The molecule has 1 aliphatic rings. The SMILES string of the molecule is O=C(CSc1nnc(Cc2ccc(Cl)cc2)c(=O)[nH]1)Nc1ccc2c(c1)OCO2. The van der Waals surface area contributed by atoms with Gasteiger partial charge in [0.15, 0.2) is 16.7 Å². The number of thioether (sulfide) groups is 1. The number of aromatic amines is 1. The molecule has 8 nitrogen and oxygen atoms in total. The predicted molar refractivity (Wildman–Crippen MR) is 109 cm³/mol. The maximum absolute atomic E-state index is 12.2. The Balaban J connectivity index is 1.33. The molecule has 2 heterocycles. The molecule has 0 bridgehead atoms. The van der Waals surface area contributed by atoms with Crippen LogP contribution in [0.5, 0.6) is 11.5 Å². The van der Waals surface area contributed by atoms with Crippen LogP contribution in [0.15, 0.2) is 52.4 Å². The number of anilines is 1. The van der Waals surface area contributed by atoms with Gasteiger partial charge < -0.3 is 14.8 Å². The van der Waals surface area contributed by atoms with Gasteiger partial charge in [0, 0.05) is 23.2 Å². The fourth-order valence-corrected chi connectivity index (χ4v) is 3.36. The number of aromatic nitrogens is 3. The third-order valence-corrected chi connectivity index (χ3v) is 5.14. The highest BCUT2D eigenvalue weighted by molar-refractivity contribution is 7.99. The van der Waals surface area contributed by atoms with E-state index < -0.39 is 0 Å². The number of H-pyrrole nitrogens is 1. The van der Waals surface area contributed by atoms with Crippen LogP contribution < -0.4 is 20.3 Å². The number of benzene rings is 2. The third kappa shape index (κ3) is 4.87. The zero-order valence-electron chi connectivity index (χ0n) is 15.0. The molecule has 0 unspecified atom stereocenters. The van der Waals surface area contributed by atoms with Crippen LogP contribution >= 0.6 is 23.4 Å². The molecule has 1 aliphatic heterocycles. The van der Waals surface area contributed by atoms with E-state index in [1.165, 1.54) is 0 Å². The average Bonchev–Trinajstić information content (AvgIpc) is 3.18. The Morgan fingerprint density at radius 3 is 2.72 bits per heavy atom. The molecular formula is C19H15ClN4O4S. The van der Waals surface area contributed by atoms with Crippen LogP contribution in [0, 0.1) is 0 Å². The smallest absolute Gasteiger partial charge is 0.273 e.